The lowest BCUT2D eigenvalue weighted by Gasteiger charge is -2.24. The number of piperidine rings is 1. The predicted molar refractivity (Wildman–Crippen MR) is 86.8 cm³/mol. The number of aromatic nitrogens is 1. The van der Waals surface area contributed by atoms with Crippen LogP contribution in [-0.2, 0) is 7.05 Å². The van der Waals surface area contributed by atoms with Gasteiger partial charge in [-0.05, 0) is 60.4 Å². The Kier molecular flexibility index (Phi) is 3.78. The summed E-state index contributed by atoms with van der Waals surface area (Å²) in [4.78, 5) is 0. The first-order valence-corrected chi connectivity index (χ1v) is 7.96. The molecule has 1 aliphatic rings. The van der Waals surface area contributed by atoms with Crippen molar-refractivity contribution >= 4 is 26.8 Å². The Morgan fingerprint density at radius 3 is 2.65 bits per heavy atom. The molecule has 1 fully saturated rings. The van der Waals surface area contributed by atoms with Gasteiger partial charge in [-0.2, -0.15) is 0 Å². The fourth-order valence-electron chi connectivity index (χ4n) is 3.39. The Labute approximate surface area is 128 Å². The van der Waals surface area contributed by atoms with E-state index in [4.69, 9.17) is 4.74 Å². The zero-order chi connectivity index (χ0) is 14.3. The summed E-state index contributed by atoms with van der Waals surface area (Å²) in [5.41, 5.74) is 3.91. The van der Waals surface area contributed by atoms with E-state index < -0.39 is 0 Å². The van der Waals surface area contributed by atoms with Gasteiger partial charge in [0.2, 0.25) is 0 Å². The molecule has 2 heterocycles. The van der Waals surface area contributed by atoms with Crippen LogP contribution in [0, 0.1) is 6.92 Å². The van der Waals surface area contributed by atoms with Crippen molar-refractivity contribution in [1.82, 2.24) is 9.88 Å². The second kappa shape index (κ2) is 5.41. The molecule has 0 saturated carbocycles. The van der Waals surface area contributed by atoms with Crippen LogP contribution in [0.4, 0.5) is 0 Å². The average molecular weight is 337 g/mol. The number of hydrogen-bond donors (Lipinski definition) is 1. The van der Waals surface area contributed by atoms with Gasteiger partial charge in [0, 0.05) is 28.5 Å². The highest BCUT2D eigenvalue weighted by molar-refractivity contribution is 9.10. The summed E-state index contributed by atoms with van der Waals surface area (Å²) < 4.78 is 9.13. The van der Waals surface area contributed by atoms with Crippen molar-refractivity contribution in [3.8, 4) is 5.75 Å². The number of hydrogen-bond acceptors (Lipinski definition) is 2. The van der Waals surface area contributed by atoms with Crippen LogP contribution < -0.4 is 10.1 Å². The predicted octanol–water partition coefficient (Wildman–Crippen LogP) is 3.72. The van der Waals surface area contributed by atoms with Gasteiger partial charge in [0.05, 0.1) is 12.6 Å². The van der Waals surface area contributed by atoms with Crippen LogP contribution in [0.5, 0.6) is 5.75 Å². The Morgan fingerprint density at radius 2 is 2.00 bits per heavy atom. The molecule has 0 unspecified atom stereocenters. The monoisotopic (exact) mass is 336 g/mol. The lowest BCUT2D eigenvalue weighted by molar-refractivity contribution is 0.416. The summed E-state index contributed by atoms with van der Waals surface area (Å²) in [5.74, 6) is 1.57. The van der Waals surface area contributed by atoms with Crippen LogP contribution in [-0.4, -0.2) is 24.8 Å². The maximum Gasteiger partial charge on any atom is 0.143 e. The van der Waals surface area contributed by atoms with Crippen molar-refractivity contribution in [1.29, 1.82) is 0 Å². The third-order valence-corrected chi connectivity index (χ3v) is 5.24. The van der Waals surface area contributed by atoms with Crippen molar-refractivity contribution in [2.24, 2.45) is 7.05 Å². The summed E-state index contributed by atoms with van der Waals surface area (Å²) in [7, 11) is 3.90. The summed E-state index contributed by atoms with van der Waals surface area (Å²) in [6, 6.07) is 4.20. The zero-order valence-corrected chi connectivity index (χ0v) is 13.9. The summed E-state index contributed by atoms with van der Waals surface area (Å²) in [5, 5.41) is 4.73. The van der Waals surface area contributed by atoms with E-state index in [0.717, 1.165) is 18.8 Å². The quantitative estimate of drug-likeness (QED) is 0.904. The van der Waals surface area contributed by atoms with E-state index in [9.17, 15) is 0 Å². The number of halogens is 1. The number of ether oxygens (including phenoxy) is 1. The molecule has 3 nitrogen and oxygen atoms in total. The number of aryl methyl sites for hydroxylation is 2. The van der Waals surface area contributed by atoms with Gasteiger partial charge in [-0.15, -0.1) is 0 Å². The van der Waals surface area contributed by atoms with E-state index in [0.29, 0.717) is 5.92 Å². The van der Waals surface area contributed by atoms with Gasteiger partial charge in [-0.25, -0.2) is 0 Å². The third-order valence-electron chi connectivity index (χ3n) is 4.44. The molecule has 0 bridgehead atoms. The van der Waals surface area contributed by atoms with Crippen molar-refractivity contribution < 1.29 is 4.74 Å². The topological polar surface area (TPSA) is 26.2 Å². The number of benzene rings is 1. The molecule has 108 valence electrons. The van der Waals surface area contributed by atoms with E-state index in [1.807, 2.05) is 0 Å². The van der Waals surface area contributed by atoms with Gasteiger partial charge in [-0.3, -0.25) is 0 Å². The molecule has 3 rings (SSSR count). The Bertz CT molecular complexity index is 642. The standard InChI is InChI=1S/C16H21BrN2O/c1-10-4-5-12(20-3)16-13(10)14(17)15(19(16)2)11-6-8-18-9-7-11/h4-5,11,18H,6-9H2,1-3H3. The van der Waals surface area contributed by atoms with E-state index in [2.05, 4.69) is 51.9 Å². The first-order valence-electron chi connectivity index (χ1n) is 7.17. The van der Waals surface area contributed by atoms with E-state index in [-0.39, 0.29) is 0 Å². The maximum atomic E-state index is 5.56. The van der Waals surface area contributed by atoms with Crippen LogP contribution >= 0.6 is 15.9 Å². The smallest absolute Gasteiger partial charge is 0.143 e. The number of rotatable bonds is 2. The maximum absolute atomic E-state index is 5.56. The second-order valence-electron chi connectivity index (χ2n) is 5.59. The molecule has 4 heteroatoms. The largest absolute Gasteiger partial charge is 0.495 e. The Balaban J connectivity index is 2.25. The molecule has 0 spiro atoms. The second-order valence-corrected chi connectivity index (χ2v) is 6.38. The lowest BCUT2D eigenvalue weighted by atomic mass is 9.94. The van der Waals surface area contributed by atoms with Gasteiger partial charge in [-0.1, -0.05) is 6.07 Å². The molecule has 0 atom stereocenters. The van der Waals surface area contributed by atoms with Crippen molar-refractivity contribution in [2.75, 3.05) is 20.2 Å². The van der Waals surface area contributed by atoms with Crippen LogP contribution in [0.15, 0.2) is 16.6 Å². The average Bonchev–Trinajstić information content (AvgIpc) is 2.73. The minimum atomic E-state index is 0.618. The highest BCUT2D eigenvalue weighted by atomic mass is 79.9. The molecule has 0 amide bonds. The molecule has 1 saturated heterocycles. The molecule has 0 aliphatic carbocycles. The first kappa shape index (κ1) is 14.0. The molecule has 1 aliphatic heterocycles. The zero-order valence-electron chi connectivity index (χ0n) is 12.3. The highest BCUT2D eigenvalue weighted by Crippen LogP contribution is 2.42. The van der Waals surface area contributed by atoms with Crippen molar-refractivity contribution in [3.05, 3.63) is 27.9 Å². The Morgan fingerprint density at radius 1 is 1.30 bits per heavy atom. The summed E-state index contributed by atoms with van der Waals surface area (Å²) in [6.07, 6.45) is 2.40. The summed E-state index contributed by atoms with van der Waals surface area (Å²) >= 11 is 3.86. The van der Waals surface area contributed by atoms with Crippen LogP contribution in [0.1, 0.15) is 30.0 Å². The lowest BCUT2D eigenvalue weighted by Crippen LogP contribution is -2.27. The van der Waals surface area contributed by atoms with Crippen molar-refractivity contribution in [2.45, 2.75) is 25.7 Å². The fourth-order valence-corrected chi connectivity index (χ4v) is 4.48. The number of methoxy groups -OCH3 is 1. The van der Waals surface area contributed by atoms with Gasteiger partial charge < -0.3 is 14.6 Å². The molecular formula is C16H21BrN2O. The number of nitrogens with one attached hydrogen (secondary N) is 1. The van der Waals surface area contributed by atoms with E-state index in [1.165, 1.54) is 39.5 Å². The normalized spacial score (nSPS) is 16.8. The summed E-state index contributed by atoms with van der Waals surface area (Å²) in [6.45, 7) is 4.38. The van der Waals surface area contributed by atoms with Crippen LogP contribution in [0.2, 0.25) is 0 Å². The number of fused-ring (bicyclic) bond motifs is 1. The van der Waals surface area contributed by atoms with Crippen LogP contribution in [0.3, 0.4) is 0 Å². The fraction of sp³-hybridized carbons (Fsp3) is 0.500. The molecule has 1 aromatic carbocycles. The minimum absolute atomic E-state index is 0.618. The van der Waals surface area contributed by atoms with Gasteiger partial charge in [0.15, 0.2) is 0 Å². The van der Waals surface area contributed by atoms with Gasteiger partial charge in [0.25, 0.3) is 0 Å². The SMILES string of the molecule is COc1ccc(C)c2c(Br)c(C3CCNCC3)n(C)c12. The van der Waals surface area contributed by atoms with Gasteiger partial charge >= 0.3 is 0 Å². The first-order chi connectivity index (χ1) is 9.65. The molecule has 20 heavy (non-hydrogen) atoms. The van der Waals surface area contributed by atoms with Gasteiger partial charge in [0.1, 0.15) is 5.75 Å². The molecule has 2 aromatic rings. The van der Waals surface area contributed by atoms with Crippen molar-refractivity contribution in [3.63, 3.8) is 0 Å². The van der Waals surface area contributed by atoms with Crippen LogP contribution in [0.25, 0.3) is 10.9 Å². The third kappa shape index (κ3) is 2.06. The highest BCUT2D eigenvalue weighted by Gasteiger charge is 2.25. The molecular weight excluding hydrogens is 316 g/mol. The minimum Gasteiger partial charge on any atom is -0.495 e. The van der Waals surface area contributed by atoms with E-state index >= 15 is 0 Å². The van der Waals surface area contributed by atoms with E-state index in [1.54, 1.807) is 7.11 Å². The molecule has 1 aromatic heterocycles. The number of nitrogens with zero attached hydrogens (tertiary/aromatic N) is 1. The Hall–Kier alpha value is -1.00. The molecule has 0 radical (unpaired) electrons. The molecule has 1 N–H and O–H groups in total.